The van der Waals surface area contributed by atoms with Crippen molar-refractivity contribution in [3.63, 3.8) is 0 Å². The number of benzene rings is 4. The molecule has 3 atom stereocenters. The maximum atomic E-state index is 5.46. The molecule has 1 aliphatic heterocycles. The van der Waals surface area contributed by atoms with Crippen molar-refractivity contribution in [3.8, 4) is 39.9 Å². The third-order valence-corrected chi connectivity index (χ3v) is 13.1. The second-order valence-electron chi connectivity index (χ2n) is 15.7. The fourth-order valence-electron chi connectivity index (χ4n) is 11.1. The van der Waals surface area contributed by atoms with Crippen LogP contribution in [0.2, 0.25) is 0 Å². The van der Waals surface area contributed by atoms with Crippen LogP contribution in [0.15, 0.2) is 164 Å². The zero-order chi connectivity index (χ0) is 36.3. The Morgan fingerprint density at radius 3 is 2.00 bits per heavy atom. The fraction of sp³-hybridized carbons (Fsp3) is 0.220. The number of rotatable bonds is 5. The van der Waals surface area contributed by atoms with Crippen LogP contribution in [0, 0.1) is 17.8 Å². The number of hydrogen-bond donors (Lipinski definition) is 0. The van der Waals surface area contributed by atoms with Gasteiger partial charge in [0.25, 0.3) is 0 Å². The number of anilines is 3. The molecular formula is C50H43N5. The first-order chi connectivity index (χ1) is 27.3. The van der Waals surface area contributed by atoms with Crippen LogP contribution in [0.1, 0.15) is 56.1 Å². The lowest BCUT2D eigenvalue weighted by atomic mass is 9.57. The monoisotopic (exact) mass is 713 g/mol. The third-order valence-electron chi connectivity index (χ3n) is 13.1. The molecule has 5 nitrogen and oxygen atoms in total. The maximum absolute atomic E-state index is 5.46. The van der Waals surface area contributed by atoms with Crippen LogP contribution in [-0.2, 0) is 5.41 Å². The van der Waals surface area contributed by atoms with Crippen LogP contribution in [0.3, 0.4) is 0 Å². The fourth-order valence-corrected chi connectivity index (χ4v) is 11.1. The molecule has 3 unspecified atom stereocenters. The van der Waals surface area contributed by atoms with Crippen molar-refractivity contribution in [2.24, 2.45) is 17.8 Å². The lowest BCUT2D eigenvalue weighted by Crippen LogP contribution is -2.44. The van der Waals surface area contributed by atoms with Gasteiger partial charge in [0.2, 0.25) is 0 Å². The summed E-state index contributed by atoms with van der Waals surface area (Å²) in [5, 5.41) is 0. The number of fused-ring (bicyclic) bond motifs is 9. The minimum absolute atomic E-state index is 0.0165. The van der Waals surface area contributed by atoms with Gasteiger partial charge in [0.15, 0.2) is 0 Å². The molecule has 11 rings (SSSR count). The zero-order valence-corrected chi connectivity index (χ0v) is 30.9. The molecule has 0 N–H and O–H groups in total. The number of aromatic nitrogens is 4. The van der Waals surface area contributed by atoms with Crippen molar-refractivity contribution >= 4 is 17.1 Å². The molecule has 4 aromatic carbocycles. The highest BCUT2D eigenvalue weighted by atomic mass is 15.2. The standard InChI is InChI=1S/C50H43N5/c1-2-18-35(19-3-1)55-48(44-28-13-15-32-52-44)47(43-27-12-14-31-51-43)53-49(55)34-17-16-20-36(33-34)54-45-29-10-8-25-41(45)50(42-26-9-11-30-46(42)54)39-23-6-4-21-37(39)38-22-5-7-24-40(38)50/h1-3,8-21,25-33,38-40H,4-7,22-24H2. The van der Waals surface area contributed by atoms with Crippen molar-refractivity contribution in [1.29, 1.82) is 0 Å². The molecule has 0 amide bonds. The molecular weight excluding hydrogens is 671 g/mol. The molecule has 3 aromatic heterocycles. The van der Waals surface area contributed by atoms with Crippen molar-refractivity contribution in [2.45, 2.75) is 50.4 Å². The molecule has 4 aliphatic rings. The Kier molecular flexibility index (Phi) is 7.68. The van der Waals surface area contributed by atoms with E-state index in [2.05, 4.69) is 125 Å². The van der Waals surface area contributed by atoms with Gasteiger partial charge in [0.1, 0.15) is 17.2 Å². The SMILES string of the molecule is C1=C2C3CCCCC3C3(c4ccccc4N(c4cccc(-c5nc(-c6ccccn6)c(-c6ccccn6)n5-c5ccccc5)c4)c4ccccc43)C2CCC1. The Balaban J connectivity index is 1.13. The molecule has 2 saturated carbocycles. The average molecular weight is 714 g/mol. The van der Waals surface area contributed by atoms with Gasteiger partial charge in [0.05, 0.1) is 22.8 Å². The van der Waals surface area contributed by atoms with E-state index < -0.39 is 0 Å². The van der Waals surface area contributed by atoms with E-state index >= 15 is 0 Å². The van der Waals surface area contributed by atoms with Crippen LogP contribution >= 0.6 is 0 Å². The van der Waals surface area contributed by atoms with Gasteiger partial charge in [-0.15, -0.1) is 0 Å². The van der Waals surface area contributed by atoms with Gasteiger partial charge < -0.3 is 4.90 Å². The molecule has 5 heteroatoms. The molecule has 0 saturated heterocycles. The summed E-state index contributed by atoms with van der Waals surface area (Å²) in [6, 6.07) is 50.4. The molecule has 7 aromatic rings. The van der Waals surface area contributed by atoms with E-state index in [-0.39, 0.29) is 5.41 Å². The van der Waals surface area contributed by atoms with Crippen molar-refractivity contribution in [3.05, 3.63) is 175 Å². The van der Waals surface area contributed by atoms with Gasteiger partial charge in [-0.2, -0.15) is 0 Å². The van der Waals surface area contributed by atoms with Crippen LogP contribution in [-0.4, -0.2) is 19.5 Å². The Hall–Kier alpha value is -6.07. The van der Waals surface area contributed by atoms with Crippen molar-refractivity contribution in [1.82, 2.24) is 19.5 Å². The number of nitrogens with zero attached hydrogens (tertiary/aromatic N) is 5. The largest absolute Gasteiger partial charge is 0.310 e. The lowest BCUT2D eigenvalue weighted by molar-refractivity contribution is 0.207. The van der Waals surface area contributed by atoms with Gasteiger partial charge in [0, 0.05) is 34.7 Å². The molecule has 55 heavy (non-hydrogen) atoms. The van der Waals surface area contributed by atoms with E-state index in [0.29, 0.717) is 17.8 Å². The van der Waals surface area contributed by atoms with E-state index in [9.17, 15) is 0 Å². The summed E-state index contributed by atoms with van der Waals surface area (Å²) in [6.45, 7) is 0. The Morgan fingerprint density at radius 1 is 0.582 bits per heavy atom. The van der Waals surface area contributed by atoms with Gasteiger partial charge >= 0.3 is 0 Å². The van der Waals surface area contributed by atoms with E-state index in [0.717, 1.165) is 45.5 Å². The molecule has 2 fully saturated rings. The number of pyridine rings is 2. The van der Waals surface area contributed by atoms with E-state index in [1.54, 1.807) is 5.57 Å². The lowest BCUT2D eigenvalue weighted by Gasteiger charge is -2.51. The van der Waals surface area contributed by atoms with Crippen LogP contribution in [0.25, 0.3) is 39.9 Å². The molecule has 1 spiro atoms. The van der Waals surface area contributed by atoms with Crippen molar-refractivity contribution < 1.29 is 0 Å². The van der Waals surface area contributed by atoms with E-state index in [4.69, 9.17) is 15.0 Å². The highest BCUT2D eigenvalue weighted by molar-refractivity contribution is 5.89. The number of imidazole rings is 1. The number of hydrogen-bond acceptors (Lipinski definition) is 4. The highest BCUT2D eigenvalue weighted by Crippen LogP contribution is 2.69. The second-order valence-corrected chi connectivity index (χ2v) is 15.7. The van der Waals surface area contributed by atoms with Crippen LogP contribution in [0.4, 0.5) is 17.1 Å². The van der Waals surface area contributed by atoms with Crippen molar-refractivity contribution in [2.75, 3.05) is 4.90 Å². The zero-order valence-electron chi connectivity index (χ0n) is 30.9. The molecule has 0 radical (unpaired) electrons. The van der Waals surface area contributed by atoms with Crippen LogP contribution in [0.5, 0.6) is 0 Å². The molecule has 268 valence electrons. The summed E-state index contributed by atoms with van der Waals surface area (Å²) < 4.78 is 2.26. The summed E-state index contributed by atoms with van der Waals surface area (Å²) in [4.78, 5) is 17.7. The molecule has 3 aliphatic carbocycles. The van der Waals surface area contributed by atoms with Gasteiger partial charge in [-0.25, -0.2) is 4.98 Å². The van der Waals surface area contributed by atoms with E-state index in [1.807, 2.05) is 42.7 Å². The number of para-hydroxylation sites is 3. The summed E-state index contributed by atoms with van der Waals surface area (Å²) in [7, 11) is 0. The third kappa shape index (κ3) is 4.88. The van der Waals surface area contributed by atoms with Crippen LogP contribution < -0.4 is 4.90 Å². The minimum Gasteiger partial charge on any atom is -0.310 e. The maximum Gasteiger partial charge on any atom is 0.145 e. The Morgan fingerprint density at radius 2 is 1.25 bits per heavy atom. The first kappa shape index (κ1) is 32.4. The quantitative estimate of drug-likeness (QED) is 0.167. The molecule has 4 heterocycles. The van der Waals surface area contributed by atoms with E-state index in [1.165, 1.54) is 67.4 Å². The topological polar surface area (TPSA) is 46.8 Å². The molecule has 0 bridgehead atoms. The normalized spacial score (nSPS) is 20.6. The number of allylic oxidation sites excluding steroid dienone is 2. The van der Waals surface area contributed by atoms with Gasteiger partial charge in [-0.3, -0.25) is 14.5 Å². The first-order valence-electron chi connectivity index (χ1n) is 20.1. The minimum atomic E-state index is -0.0165. The first-order valence-corrected chi connectivity index (χ1v) is 20.1. The summed E-state index contributed by atoms with van der Waals surface area (Å²) in [6.07, 6.45) is 15.5. The smallest absolute Gasteiger partial charge is 0.145 e. The Labute approximate surface area is 323 Å². The van der Waals surface area contributed by atoms with Gasteiger partial charge in [-0.1, -0.05) is 103 Å². The van der Waals surface area contributed by atoms with Gasteiger partial charge in [-0.05, 0) is 122 Å². The Bertz CT molecular complexity index is 2510. The second kappa shape index (κ2) is 13.1. The predicted octanol–water partition coefficient (Wildman–Crippen LogP) is 12.3. The summed E-state index contributed by atoms with van der Waals surface area (Å²) in [5.41, 5.74) is 14.0. The highest BCUT2D eigenvalue weighted by Gasteiger charge is 2.62. The summed E-state index contributed by atoms with van der Waals surface area (Å²) >= 11 is 0. The average Bonchev–Trinajstić information content (AvgIpc) is 3.81. The predicted molar refractivity (Wildman–Crippen MR) is 222 cm³/mol. The summed E-state index contributed by atoms with van der Waals surface area (Å²) in [5.74, 6) is 2.72.